The van der Waals surface area contributed by atoms with Crippen molar-refractivity contribution in [2.75, 3.05) is 0 Å². The molecule has 0 radical (unpaired) electrons. The van der Waals surface area contributed by atoms with E-state index in [4.69, 9.17) is 5.73 Å². The number of carbonyl (C=O) groups excluding carboxylic acids is 2. The number of esters is 1. The first kappa shape index (κ1) is 7.78. The lowest BCUT2D eigenvalue weighted by Crippen LogP contribution is -2.42. The second-order valence-electron chi connectivity index (χ2n) is 2.62. The predicted molar refractivity (Wildman–Crippen MR) is 37.2 cm³/mol. The number of carbonyl (C=O) groups is 2. The molecule has 1 amide bonds. The number of hydrogen-bond acceptors (Lipinski definition) is 3. The summed E-state index contributed by atoms with van der Waals surface area (Å²) in [6.07, 6.45) is 0. The van der Waals surface area contributed by atoms with Crippen molar-refractivity contribution in [3.05, 3.63) is 11.3 Å². The van der Waals surface area contributed by atoms with Crippen molar-refractivity contribution in [3.8, 4) is 0 Å². The van der Waals surface area contributed by atoms with Gasteiger partial charge >= 0.3 is 5.97 Å². The Labute approximate surface area is 64.0 Å². The number of amides is 1. The van der Waals surface area contributed by atoms with Gasteiger partial charge in [0.2, 0.25) is 5.91 Å². The van der Waals surface area contributed by atoms with E-state index in [-0.39, 0.29) is 0 Å². The summed E-state index contributed by atoms with van der Waals surface area (Å²) in [6, 6.07) is 0. The molecule has 1 atom stereocenters. The predicted octanol–water partition coefficient (Wildman–Crippen LogP) is -0.0614. The SMILES string of the molecule is CC(C)=C1OC(=O)C1C(N)=O. The Hall–Kier alpha value is -1.32. The summed E-state index contributed by atoms with van der Waals surface area (Å²) in [5.74, 6) is -1.62. The molecule has 60 valence electrons. The molecule has 1 aliphatic heterocycles. The fourth-order valence-corrected chi connectivity index (χ4v) is 0.911. The lowest BCUT2D eigenvalue weighted by atomic mass is 9.98. The molecule has 0 aromatic rings. The monoisotopic (exact) mass is 155 g/mol. The maximum absolute atomic E-state index is 10.6. The Morgan fingerprint density at radius 1 is 1.55 bits per heavy atom. The first-order valence-electron chi connectivity index (χ1n) is 3.22. The molecule has 0 saturated carbocycles. The minimum atomic E-state index is -0.833. The van der Waals surface area contributed by atoms with Crippen LogP contribution >= 0.6 is 0 Å². The van der Waals surface area contributed by atoms with Crippen molar-refractivity contribution >= 4 is 11.9 Å². The third-order valence-corrected chi connectivity index (χ3v) is 1.49. The summed E-state index contributed by atoms with van der Waals surface area (Å²) in [5, 5.41) is 0. The fourth-order valence-electron chi connectivity index (χ4n) is 0.911. The van der Waals surface area contributed by atoms with E-state index in [1.54, 1.807) is 13.8 Å². The van der Waals surface area contributed by atoms with E-state index in [0.29, 0.717) is 5.76 Å². The molecule has 1 unspecified atom stereocenters. The summed E-state index contributed by atoms with van der Waals surface area (Å²) >= 11 is 0. The summed E-state index contributed by atoms with van der Waals surface area (Å²) in [7, 11) is 0. The third kappa shape index (κ3) is 1.11. The second-order valence-corrected chi connectivity index (χ2v) is 2.62. The standard InChI is InChI=1S/C7H9NO3/c1-3(2)5-4(6(8)9)7(10)11-5/h4H,1-2H3,(H2,8,9). The normalized spacial score (nSPS) is 22.2. The van der Waals surface area contributed by atoms with Crippen LogP contribution in [0, 0.1) is 5.92 Å². The van der Waals surface area contributed by atoms with Crippen LogP contribution in [0.4, 0.5) is 0 Å². The van der Waals surface area contributed by atoms with Crippen LogP contribution in [0.1, 0.15) is 13.8 Å². The van der Waals surface area contributed by atoms with Crippen molar-refractivity contribution in [2.24, 2.45) is 11.7 Å². The van der Waals surface area contributed by atoms with Gasteiger partial charge in [-0.2, -0.15) is 0 Å². The number of rotatable bonds is 1. The van der Waals surface area contributed by atoms with Gasteiger partial charge in [-0.15, -0.1) is 0 Å². The number of primary amides is 1. The molecule has 1 aliphatic rings. The minimum absolute atomic E-state index is 0.405. The van der Waals surface area contributed by atoms with E-state index in [2.05, 4.69) is 4.74 Å². The van der Waals surface area contributed by atoms with Crippen LogP contribution in [0.25, 0.3) is 0 Å². The van der Waals surface area contributed by atoms with Crippen LogP contribution in [0.2, 0.25) is 0 Å². The number of nitrogens with two attached hydrogens (primary N) is 1. The summed E-state index contributed by atoms with van der Waals surface area (Å²) in [5.41, 5.74) is 5.76. The van der Waals surface area contributed by atoms with E-state index in [1.807, 2.05) is 0 Å². The molecule has 4 heteroatoms. The van der Waals surface area contributed by atoms with Gasteiger partial charge in [-0.05, 0) is 19.4 Å². The maximum atomic E-state index is 10.6. The van der Waals surface area contributed by atoms with Gasteiger partial charge < -0.3 is 10.5 Å². The van der Waals surface area contributed by atoms with E-state index in [0.717, 1.165) is 5.57 Å². The van der Waals surface area contributed by atoms with Crippen molar-refractivity contribution in [3.63, 3.8) is 0 Å². The lowest BCUT2D eigenvalue weighted by molar-refractivity contribution is -0.160. The summed E-state index contributed by atoms with van der Waals surface area (Å²) in [6.45, 7) is 3.52. The highest BCUT2D eigenvalue weighted by Gasteiger charge is 2.42. The average Bonchev–Trinajstić information content (AvgIpc) is 1.80. The molecular weight excluding hydrogens is 146 g/mol. The summed E-state index contributed by atoms with van der Waals surface area (Å²) < 4.78 is 4.61. The maximum Gasteiger partial charge on any atom is 0.331 e. The average molecular weight is 155 g/mol. The zero-order chi connectivity index (χ0) is 8.59. The van der Waals surface area contributed by atoms with Gasteiger partial charge in [-0.25, -0.2) is 0 Å². The van der Waals surface area contributed by atoms with Crippen molar-refractivity contribution in [1.29, 1.82) is 0 Å². The van der Waals surface area contributed by atoms with Crippen LogP contribution in [0.15, 0.2) is 11.3 Å². The largest absolute Gasteiger partial charge is 0.429 e. The van der Waals surface area contributed by atoms with E-state index in [1.165, 1.54) is 0 Å². The van der Waals surface area contributed by atoms with Gasteiger partial charge in [-0.3, -0.25) is 9.59 Å². The van der Waals surface area contributed by atoms with Crippen molar-refractivity contribution < 1.29 is 14.3 Å². The number of cyclic esters (lactones) is 1. The van der Waals surface area contributed by atoms with Crippen LogP contribution in [-0.4, -0.2) is 11.9 Å². The highest BCUT2D eigenvalue weighted by atomic mass is 16.6. The molecule has 0 spiro atoms. The molecule has 1 rings (SSSR count). The lowest BCUT2D eigenvalue weighted by Gasteiger charge is -2.26. The minimum Gasteiger partial charge on any atom is -0.429 e. The quantitative estimate of drug-likeness (QED) is 0.426. The first-order chi connectivity index (χ1) is 5.04. The molecular formula is C7H9NO3. The molecule has 4 nitrogen and oxygen atoms in total. The van der Waals surface area contributed by atoms with Gasteiger partial charge in [0.15, 0.2) is 5.92 Å². The van der Waals surface area contributed by atoms with Gasteiger partial charge in [0, 0.05) is 0 Å². The summed E-state index contributed by atoms with van der Waals surface area (Å²) in [4.78, 5) is 21.2. The smallest absolute Gasteiger partial charge is 0.331 e. The van der Waals surface area contributed by atoms with Gasteiger partial charge in [0.25, 0.3) is 0 Å². The third-order valence-electron chi connectivity index (χ3n) is 1.49. The molecule has 0 bridgehead atoms. The molecule has 2 N–H and O–H groups in total. The van der Waals surface area contributed by atoms with Gasteiger partial charge in [0.1, 0.15) is 5.76 Å². The molecule has 11 heavy (non-hydrogen) atoms. The zero-order valence-corrected chi connectivity index (χ0v) is 6.38. The van der Waals surface area contributed by atoms with Crippen molar-refractivity contribution in [1.82, 2.24) is 0 Å². The highest BCUT2D eigenvalue weighted by molar-refractivity contribution is 6.04. The Morgan fingerprint density at radius 3 is 2.27 bits per heavy atom. The van der Waals surface area contributed by atoms with Crippen LogP contribution < -0.4 is 5.73 Å². The Bertz CT molecular complexity index is 242. The van der Waals surface area contributed by atoms with E-state index in [9.17, 15) is 9.59 Å². The number of hydrogen-bond donors (Lipinski definition) is 1. The van der Waals surface area contributed by atoms with Crippen LogP contribution in [0.5, 0.6) is 0 Å². The van der Waals surface area contributed by atoms with E-state index >= 15 is 0 Å². The molecule has 1 fully saturated rings. The van der Waals surface area contributed by atoms with Crippen LogP contribution in [-0.2, 0) is 14.3 Å². The molecule has 0 aliphatic carbocycles. The zero-order valence-electron chi connectivity index (χ0n) is 6.38. The number of ether oxygens (including phenoxy) is 1. The Kier molecular flexibility index (Phi) is 1.68. The van der Waals surface area contributed by atoms with Gasteiger partial charge in [-0.1, -0.05) is 0 Å². The number of allylic oxidation sites excluding steroid dienone is 1. The first-order valence-corrected chi connectivity index (χ1v) is 3.22. The Morgan fingerprint density at radius 2 is 2.09 bits per heavy atom. The molecule has 1 saturated heterocycles. The molecule has 0 aromatic carbocycles. The van der Waals surface area contributed by atoms with Crippen molar-refractivity contribution in [2.45, 2.75) is 13.8 Å². The van der Waals surface area contributed by atoms with Gasteiger partial charge in [0.05, 0.1) is 0 Å². The topological polar surface area (TPSA) is 69.4 Å². The fraction of sp³-hybridized carbons (Fsp3) is 0.429. The van der Waals surface area contributed by atoms with E-state index < -0.39 is 17.8 Å². The second kappa shape index (κ2) is 2.38. The Balaban J connectivity index is 2.87. The van der Waals surface area contributed by atoms with Crippen LogP contribution in [0.3, 0.4) is 0 Å². The highest BCUT2D eigenvalue weighted by Crippen LogP contribution is 2.28. The molecule has 1 heterocycles. The molecule has 0 aromatic heterocycles.